The highest BCUT2D eigenvalue weighted by Gasteiger charge is 2.37. The molecule has 32 heavy (non-hydrogen) atoms. The van der Waals surface area contributed by atoms with Crippen molar-refractivity contribution in [1.29, 1.82) is 0 Å². The van der Waals surface area contributed by atoms with Gasteiger partial charge in [-0.1, -0.05) is 11.6 Å². The average molecular weight is 482 g/mol. The maximum Gasteiger partial charge on any atom is 0.422 e. The third-order valence-corrected chi connectivity index (χ3v) is 4.52. The third-order valence-electron chi connectivity index (χ3n) is 4.19. The Morgan fingerprint density at radius 3 is 2.34 bits per heavy atom. The number of hydrogen-bond acceptors (Lipinski definition) is 4. The Hall–Kier alpha value is -3.02. The molecule has 2 aromatic rings. The molecule has 13 heteroatoms. The second-order valence-electron chi connectivity index (χ2n) is 6.87. The summed E-state index contributed by atoms with van der Waals surface area (Å²) in [7, 11) is 0. The van der Waals surface area contributed by atoms with Crippen LogP contribution in [-0.4, -0.2) is 35.6 Å². The lowest BCUT2D eigenvalue weighted by Crippen LogP contribution is -2.26. The van der Waals surface area contributed by atoms with E-state index in [1.165, 1.54) is 18.2 Å². The summed E-state index contributed by atoms with van der Waals surface area (Å²) in [6.45, 7) is -1.85. The third kappa shape index (κ3) is 6.25. The molecule has 172 valence electrons. The topological polar surface area (TPSA) is 80.3 Å². The minimum Gasteiger partial charge on any atom is -0.468 e. The van der Waals surface area contributed by atoms with E-state index in [2.05, 4.69) is 20.4 Å². The van der Waals surface area contributed by atoms with Crippen molar-refractivity contribution in [3.05, 3.63) is 52.2 Å². The predicted molar refractivity (Wildman–Crippen MR) is 101 cm³/mol. The maximum atomic E-state index is 13.4. The van der Waals surface area contributed by atoms with Crippen molar-refractivity contribution in [2.24, 2.45) is 0 Å². The lowest BCUT2D eigenvalue weighted by molar-refractivity contribution is -0.154. The van der Waals surface area contributed by atoms with Crippen LogP contribution in [-0.2, 0) is 6.18 Å². The van der Waals surface area contributed by atoms with Crippen molar-refractivity contribution >= 4 is 29.1 Å². The van der Waals surface area contributed by atoms with Crippen molar-refractivity contribution < 1.29 is 40.7 Å². The number of ether oxygens (including phenoxy) is 1. The monoisotopic (exact) mass is 481 g/mol. The van der Waals surface area contributed by atoms with E-state index in [-0.39, 0.29) is 28.4 Å². The van der Waals surface area contributed by atoms with Gasteiger partial charge in [-0.2, -0.15) is 26.3 Å². The number of nitrogens with one attached hydrogen (secondary N) is 2. The number of pyridine rings is 1. The zero-order valence-corrected chi connectivity index (χ0v) is 16.7. The molecule has 0 spiro atoms. The molecule has 1 aromatic heterocycles. The second-order valence-corrected chi connectivity index (χ2v) is 7.27. The Labute approximate surface area is 181 Å². The molecule has 1 aromatic carbocycles. The van der Waals surface area contributed by atoms with Gasteiger partial charge in [0.25, 0.3) is 11.8 Å². The fourth-order valence-corrected chi connectivity index (χ4v) is 2.76. The Bertz CT molecular complexity index is 1040. The predicted octanol–water partition coefficient (Wildman–Crippen LogP) is 4.84. The highest BCUT2D eigenvalue weighted by molar-refractivity contribution is 6.34. The van der Waals surface area contributed by atoms with Crippen molar-refractivity contribution in [3.63, 3.8) is 0 Å². The number of anilines is 1. The molecule has 6 nitrogen and oxygen atoms in total. The average Bonchev–Trinajstić information content (AvgIpc) is 3.50. The van der Waals surface area contributed by atoms with Gasteiger partial charge in [0, 0.05) is 24.0 Å². The summed E-state index contributed by atoms with van der Waals surface area (Å²) in [4.78, 5) is 28.0. The standard InChI is InChI=1S/C19H14ClF6N3O3/c20-14-4-3-10(5-11(14)16(30)28-9-1-2-9)29-17(31)12-7-27-15(32-8-18(21,22)23)6-13(12)19(24,25)26/h3-7,9H,1-2,8H2,(H,28,30)(H,29,31). The molecule has 1 fully saturated rings. The minimum atomic E-state index is -5.08. The molecule has 3 rings (SSSR count). The van der Waals surface area contributed by atoms with Gasteiger partial charge in [0.05, 0.1) is 21.7 Å². The van der Waals surface area contributed by atoms with E-state index >= 15 is 0 Å². The molecular weight excluding hydrogens is 468 g/mol. The fourth-order valence-electron chi connectivity index (χ4n) is 2.55. The van der Waals surface area contributed by atoms with Gasteiger partial charge in [-0.15, -0.1) is 0 Å². The summed E-state index contributed by atoms with van der Waals surface area (Å²) >= 11 is 5.99. The molecule has 2 N–H and O–H groups in total. The van der Waals surface area contributed by atoms with Crippen LogP contribution in [0.25, 0.3) is 0 Å². The SMILES string of the molecule is O=C(NC1CC1)c1cc(NC(=O)c2cnc(OCC(F)(F)F)cc2C(F)(F)F)ccc1Cl. The van der Waals surface area contributed by atoms with Crippen molar-refractivity contribution in [1.82, 2.24) is 10.3 Å². The molecule has 1 aliphatic rings. The Balaban J connectivity index is 1.83. The zero-order chi connectivity index (χ0) is 23.7. The molecule has 0 atom stereocenters. The van der Waals surface area contributed by atoms with Crippen molar-refractivity contribution in [2.45, 2.75) is 31.2 Å². The van der Waals surface area contributed by atoms with Gasteiger partial charge >= 0.3 is 12.4 Å². The molecule has 0 saturated heterocycles. The van der Waals surface area contributed by atoms with Gasteiger partial charge < -0.3 is 15.4 Å². The van der Waals surface area contributed by atoms with Crippen LogP contribution in [0.4, 0.5) is 32.0 Å². The normalized spacial score (nSPS) is 14.1. The smallest absolute Gasteiger partial charge is 0.422 e. The molecular formula is C19H14ClF6N3O3. The highest BCUT2D eigenvalue weighted by Crippen LogP contribution is 2.34. The Kier molecular flexibility index (Phi) is 6.54. The molecule has 1 heterocycles. The number of hydrogen-bond donors (Lipinski definition) is 2. The van der Waals surface area contributed by atoms with E-state index < -0.39 is 47.8 Å². The van der Waals surface area contributed by atoms with E-state index in [1.807, 2.05) is 0 Å². The van der Waals surface area contributed by atoms with Gasteiger partial charge in [-0.05, 0) is 31.0 Å². The Morgan fingerprint density at radius 2 is 1.75 bits per heavy atom. The second kappa shape index (κ2) is 8.85. The van der Waals surface area contributed by atoms with Gasteiger partial charge in [0.15, 0.2) is 6.61 Å². The number of carbonyl (C=O) groups is 2. The number of aromatic nitrogens is 1. The minimum absolute atomic E-state index is 0.0152. The van der Waals surface area contributed by atoms with Crippen LogP contribution in [0.3, 0.4) is 0 Å². The van der Waals surface area contributed by atoms with E-state index in [9.17, 15) is 35.9 Å². The van der Waals surface area contributed by atoms with Gasteiger partial charge in [0.2, 0.25) is 5.88 Å². The summed E-state index contributed by atoms with van der Waals surface area (Å²) in [6, 6.07) is 3.98. The van der Waals surface area contributed by atoms with Gasteiger partial charge in [0.1, 0.15) is 0 Å². The number of alkyl halides is 6. The van der Waals surface area contributed by atoms with E-state index in [1.54, 1.807) is 0 Å². The summed E-state index contributed by atoms with van der Waals surface area (Å²) in [6.07, 6.45) is -7.78. The van der Waals surface area contributed by atoms with Crippen LogP contribution in [0.5, 0.6) is 5.88 Å². The number of benzene rings is 1. The van der Waals surface area contributed by atoms with Crippen LogP contribution >= 0.6 is 11.6 Å². The van der Waals surface area contributed by atoms with Crippen LogP contribution in [0.2, 0.25) is 5.02 Å². The first-order valence-electron chi connectivity index (χ1n) is 9.02. The number of halogens is 7. The lowest BCUT2D eigenvalue weighted by atomic mass is 10.1. The molecule has 0 aliphatic heterocycles. The first kappa shape index (κ1) is 23.6. The molecule has 1 saturated carbocycles. The quantitative estimate of drug-likeness (QED) is 0.579. The molecule has 1 aliphatic carbocycles. The highest BCUT2D eigenvalue weighted by atomic mass is 35.5. The van der Waals surface area contributed by atoms with Crippen molar-refractivity contribution in [2.75, 3.05) is 11.9 Å². The molecule has 0 bridgehead atoms. The summed E-state index contributed by atoms with van der Waals surface area (Å²) in [5, 5.41) is 4.97. The summed E-state index contributed by atoms with van der Waals surface area (Å²) in [5.41, 5.74) is -2.49. The zero-order valence-electron chi connectivity index (χ0n) is 15.9. The van der Waals surface area contributed by atoms with Crippen LogP contribution in [0.15, 0.2) is 30.5 Å². The largest absolute Gasteiger partial charge is 0.468 e. The van der Waals surface area contributed by atoms with Gasteiger partial charge in [-0.3, -0.25) is 9.59 Å². The maximum absolute atomic E-state index is 13.4. The number of carbonyl (C=O) groups excluding carboxylic acids is 2. The van der Waals surface area contributed by atoms with E-state index in [0.717, 1.165) is 12.8 Å². The fraction of sp³-hybridized carbons (Fsp3) is 0.316. The summed E-state index contributed by atoms with van der Waals surface area (Å²) in [5.74, 6) is -2.70. The van der Waals surface area contributed by atoms with Crippen LogP contribution < -0.4 is 15.4 Å². The first-order valence-corrected chi connectivity index (χ1v) is 9.40. The van der Waals surface area contributed by atoms with Crippen LogP contribution in [0, 0.1) is 0 Å². The molecule has 0 radical (unpaired) electrons. The molecule has 2 amide bonds. The van der Waals surface area contributed by atoms with E-state index in [0.29, 0.717) is 6.20 Å². The molecule has 0 unspecified atom stereocenters. The first-order chi connectivity index (χ1) is 14.8. The number of rotatable bonds is 6. The lowest BCUT2D eigenvalue weighted by Gasteiger charge is -2.15. The number of nitrogens with zero attached hydrogens (tertiary/aromatic N) is 1. The number of amides is 2. The van der Waals surface area contributed by atoms with E-state index in [4.69, 9.17) is 11.6 Å². The Morgan fingerprint density at radius 1 is 1.06 bits per heavy atom. The van der Waals surface area contributed by atoms with Crippen LogP contribution in [0.1, 0.15) is 39.1 Å². The van der Waals surface area contributed by atoms with Crippen molar-refractivity contribution in [3.8, 4) is 5.88 Å². The van der Waals surface area contributed by atoms with Gasteiger partial charge in [-0.25, -0.2) is 4.98 Å². The summed E-state index contributed by atoms with van der Waals surface area (Å²) < 4.78 is 81.1.